The molecule has 0 radical (unpaired) electrons. The molecule has 2 aliphatic rings. The molecule has 2 saturated heterocycles. The largest absolute Gasteiger partial charge is 0.438 e. The first-order chi connectivity index (χ1) is 15.7. The molecule has 5 heteroatoms. The standard InChI is InChI=1S/C28H38N2O3/c1-21(22-10-12-23(13-11-22)24-14-17-29(4)18-15-24)30-19-16-28(33-26(30)31,20-27(2,3)32)25-8-6-5-7-9-25/h5-13,21,24,32H,14-20H2,1-4H3. The number of amides is 1. The molecule has 1 amide bonds. The molecule has 178 valence electrons. The molecule has 2 aliphatic heterocycles. The number of hydrogen-bond donors (Lipinski definition) is 1. The van der Waals surface area contributed by atoms with Crippen LogP contribution in [0.2, 0.25) is 0 Å². The minimum absolute atomic E-state index is 0.0695. The van der Waals surface area contributed by atoms with Crippen LogP contribution in [0.3, 0.4) is 0 Å². The Morgan fingerprint density at radius 1 is 1.06 bits per heavy atom. The highest BCUT2D eigenvalue weighted by Gasteiger charge is 2.46. The smallest absolute Gasteiger partial charge is 0.411 e. The maximum atomic E-state index is 13.2. The maximum Gasteiger partial charge on any atom is 0.411 e. The van der Waals surface area contributed by atoms with E-state index in [2.05, 4.69) is 43.1 Å². The average molecular weight is 451 g/mol. The Bertz CT molecular complexity index is 930. The summed E-state index contributed by atoms with van der Waals surface area (Å²) < 4.78 is 6.14. The van der Waals surface area contributed by atoms with E-state index in [9.17, 15) is 9.90 Å². The molecule has 1 N–H and O–H groups in total. The first kappa shape index (κ1) is 23.8. The van der Waals surface area contributed by atoms with E-state index in [4.69, 9.17) is 4.74 Å². The van der Waals surface area contributed by atoms with E-state index in [-0.39, 0.29) is 12.1 Å². The van der Waals surface area contributed by atoms with Gasteiger partial charge < -0.3 is 19.6 Å². The van der Waals surface area contributed by atoms with E-state index < -0.39 is 11.2 Å². The fraction of sp³-hybridized carbons (Fsp3) is 0.536. The highest BCUT2D eigenvalue weighted by Crippen LogP contribution is 2.42. The van der Waals surface area contributed by atoms with Gasteiger partial charge in [-0.2, -0.15) is 0 Å². The quantitative estimate of drug-likeness (QED) is 0.635. The lowest BCUT2D eigenvalue weighted by Gasteiger charge is -2.45. The van der Waals surface area contributed by atoms with Crippen LogP contribution in [0.15, 0.2) is 54.6 Å². The number of piperidine rings is 1. The van der Waals surface area contributed by atoms with Crippen molar-refractivity contribution in [2.75, 3.05) is 26.7 Å². The van der Waals surface area contributed by atoms with Gasteiger partial charge in [-0.3, -0.25) is 0 Å². The lowest BCUT2D eigenvalue weighted by Crippen LogP contribution is -2.51. The van der Waals surface area contributed by atoms with Crippen LogP contribution in [0.4, 0.5) is 4.79 Å². The minimum Gasteiger partial charge on any atom is -0.438 e. The number of nitrogens with zero attached hydrogens (tertiary/aromatic N) is 2. The Morgan fingerprint density at radius 3 is 2.27 bits per heavy atom. The molecular formula is C28H38N2O3. The third-order valence-electron chi connectivity index (χ3n) is 7.37. The van der Waals surface area contributed by atoms with Gasteiger partial charge in [0.15, 0.2) is 0 Å². The Kier molecular flexibility index (Phi) is 6.83. The second-order valence-electron chi connectivity index (χ2n) is 10.6. The van der Waals surface area contributed by atoms with Crippen LogP contribution in [0.5, 0.6) is 0 Å². The molecule has 0 aromatic heterocycles. The van der Waals surface area contributed by atoms with Crippen molar-refractivity contribution in [3.63, 3.8) is 0 Å². The lowest BCUT2D eigenvalue weighted by molar-refractivity contribution is -0.101. The van der Waals surface area contributed by atoms with Crippen molar-refractivity contribution in [1.82, 2.24) is 9.80 Å². The average Bonchev–Trinajstić information content (AvgIpc) is 2.79. The van der Waals surface area contributed by atoms with E-state index in [1.165, 1.54) is 18.4 Å². The number of aliphatic hydroxyl groups is 1. The molecule has 2 fully saturated rings. The Morgan fingerprint density at radius 2 is 1.70 bits per heavy atom. The first-order valence-electron chi connectivity index (χ1n) is 12.2. The molecule has 2 atom stereocenters. The van der Waals surface area contributed by atoms with Gasteiger partial charge >= 0.3 is 6.09 Å². The van der Waals surface area contributed by atoms with Gasteiger partial charge in [-0.25, -0.2) is 4.79 Å². The molecule has 0 bridgehead atoms. The molecular weight excluding hydrogens is 412 g/mol. The zero-order chi connectivity index (χ0) is 23.6. The van der Waals surface area contributed by atoms with Crippen molar-refractivity contribution in [3.8, 4) is 0 Å². The number of cyclic esters (lactones) is 1. The van der Waals surface area contributed by atoms with E-state index in [0.717, 1.165) is 24.2 Å². The minimum atomic E-state index is -0.951. The Labute approximate surface area is 198 Å². The van der Waals surface area contributed by atoms with Gasteiger partial charge in [0.25, 0.3) is 0 Å². The lowest BCUT2D eigenvalue weighted by atomic mass is 9.80. The molecule has 0 saturated carbocycles. The van der Waals surface area contributed by atoms with E-state index in [1.807, 2.05) is 35.2 Å². The van der Waals surface area contributed by atoms with Gasteiger partial charge in [0, 0.05) is 19.4 Å². The highest BCUT2D eigenvalue weighted by molar-refractivity contribution is 5.70. The van der Waals surface area contributed by atoms with Crippen LogP contribution in [0.25, 0.3) is 0 Å². The Hall–Kier alpha value is -2.37. The second kappa shape index (κ2) is 9.47. The first-order valence-corrected chi connectivity index (χ1v) is 12.2. The van der Waals surface area contributed by atoms with E-state index >= 15 is 0 Å². The van der Waals surface area contributed by atoms with Crippen LogP contribution in [0, 0.1) is 0 Å². The molecule has 33 heavy (non-hydrogen) atoms. The van der Waals surface area contributed by atoms with Gasteiger partial charge in [-0.05, 0) is 76.4 Å². The third-order valence-corrected chi connectivity index (χ3v) is 7.37. The summed E-state index contributed by atoms with van der Waals surface area (Å²) in [5, 5.41) is 10.6. The number of hydrogen-bond acceptors (Lipinski definition) is 4. The Balaban J connectivity index is 1.48. The summed E-state index contributed by atoms with van der Waals surface area (Å²) in [6, 6.07) is 18.6. The van der Waals surface area contributed by atoms with Crippen molar-refractivity contribution >= 4 is 6.09 Å². The fourth-order valence-electron chi connectivity index (χ4n) is 5.46. The fourth-order valence-corrected chi connectivity index (χ4v) is 5.46. The number of carbonyl (C=O) groups is 1. The summed E-state index contributed by atoms with van der Waals surface area (Å²) in [5.74, 6) is 0.624. The molecule has 4 rings (SSSR count). The number of carbonyl (C=O) groups excluding carboxylic acids is 1. The maximum absolute atomic E-state index is 13.2. The van der Waals surface area contributed by atoms with Crippen LogP contribution in [-0.4, -0.2) is 53.3 Å². The van der Waals surface area contributed by atoms with E-state index in [0.29, 0.717) is 25.3 Å². The SMILES string of the molecule is CC(c1ccc(C2CCN(C)CC2)cc1)N1CCC(CC(C)(C)O)(c2ccccc2)OC1=O. The molecule has 5 nitrogen and oxygen atoms in total. The number of likely N-dealkylation sites (tertiary alicyclic amines) is 1. The zero-order valence-corrected chi connectivity index (χ0v) is 20.5. The van der Waals surface area contributed by atoms with Crippen LogP contribution in [-0.2, 0) is 10.3 Å². The van der Waals surface area contributed by atoms with Gasteiger partial charge in [0.05, 0.1) is 11.6 Å². The third kappa shape index (κ3) is 5.42. The predicted octanol–water partition coefficient (Wildman–Crippen LogP) is 5.46. The summed E-state index contributed by atoms with van der Waals surface area (Å²) in [6.45, 7) is 8.49. The normalized spacial score (nSPS) is 23.9. The van der Waals surface area contributed by atoms with Crippen LogP contribution in [0.1, 0.15) is 75.1 Å². The van der Waals surface area contributed by atoms with Crippen molar-refractivity contribution in [2.24, 2.45) is 0 Å². The zero-order valence-electron chi connectivity index (χ0n) is 20.5. The van der Waals surface area contributed by atoms with Gasteiger partial charge in [-0.1, -0.05) is 54.6 Å². The molecule has 2 heterocycles. The highest BCUT2D eigenvalue weighted by atomic mass is 16.6. The molecule has 2 aromatic rings. The summed E-state index contributed by atoms with van der Waals surface area (Å²) in [7, 11) is 2.19. The van der Waals surface area contributed by atoms with E-state index in [1.54, 1.807) is 13.8 Å². The van der Waals surface area contributed by atoms with Crippen molar-refractivity contribution in [1.29, 1.82) is 0 Å². The summed E-state index contributed by atoms with van der Waals surface area (Å²) in [4.78, 5) is 17.5. The second-order valence-corrected chi connectivity index (χ2v) is 10.6. The number of benzene rings is 2. The molecule has 2 aromatic carbocycles. The molecule has 2 unspecified atom stereocenters. The molecule has 0 spiro atoms. The topological polar surface area (TPSA) is 53.0 Å². The van der Waals surface area contributed by atoms with Crippen molar-refractivity contribution < 1.29 is 14.6 Å². The van der Waals surface area contributed by atoms with Crippen molar-refractivity contribution in [3.05, 3.63) is 71.3 Å². The van der Waals surface area contributed by atoms with Gasteiger partial charge in [0.2, 0.25) is 0 Å². The molecule has 0 aliphatic carbocycles. The summed E-state index contributed by atoms with van der Waals surface area (Å²) in [6.07, 6.45) is 3.09. The monoisotopic (exact) mass is 450 g/mol. The summed E-state index contributed by atoms with van der Waals surface area (Å²) in [5.41, 5.74) is 1.69. The van der Waals surface area contributed by atoms with Crippen LogP contribution < -0.4 is 0 Å². The number of ether oxygens (including phenoxy) is 1. The van der Waals surface area contributed by atoms with Crippen molar-refractivity contribution in [2.45, 2.75) is 69.6 Å². The van der Waals surface area contributed by atoms with Gasteiger partial charge in [0.1, 0.15) is 5.60 Å². The predicted molar refractivity (Wildman–Crippen MR) is 131 cm³/mol. The van der Waals surface area contributed by atoms with Crippen LogP contribution >= 0.6 is 0 Å². The van der Waals surface area contributed by atoms with Gasteiger partial charge in [-0.15, -0.1) is 0 Å². The number of rotatable bonds is 6. The summed E-state index contributed by atoms with van der Waals surface area (Å²) >= 11 is 0.